The molecule has 0 saturated carbocycles. The molecule has 2 N–H and O–H groups in total. The van der Waals surface area contributed by atoms with E-state index in [-0.39, 0.29) is 19.0 Å². The first-order valence-electron chi connectivity index (χ1n) is 6.72. The zero-order valence-electron chi connectivity index (χ0n) is 11.8. The number of benzene rings is 1. The number of likely N-dealkylation sites (N-methyl/N-ethyl adjacent to an activating group) is 1. The first-order chi connectivity index (χ1) is 9.82. The molecule has 0 aliphatic carbocycles. The Morgan fingerprint density at radius 2 is 2.00 bits per heavy atom. The van der Waals surface area contributed by atoms with Crippen molar-refractivity contribution >= 4 is 11.6 Å². The lowest BCUT2D eigenvalue weighted by molar-refractivity contribution is -0.137. The van der Waals surface area contributed by atoms with E-state index >= 15 is 0 Å². The fourth-order valence-electron chi connectivity index (χ4n) is 2.43. The Morgan fingerprint density at radius 1 is 1.29 bits per heavy atom. The molecule has 1 aliphatic rings. The highest BCUT2D eigenvalue weighted by Crippen LogP contribution is 2.33. The van der Waals surface area contributed by atoms with Gasteiger partial charge in [0.1, 0.15) is 0 Å². The fraction of sp³-hybridized carbons (Fsp3) is 0.500. The van der Waals surface area contributed by atoms with Gasteiger partial charge in [0.2, 0.25) is 5.91 Å². The summed E-state index contributed by atoms with van der Waals surface area (Å²) in [5, 5.41) is 0. The van der Waals surface area contributed by atoms with E-state index < -0.39 is 11.7 Å². The van der Waals surface area contributed by atoms with E-state index in [1.807, 2.05) is 0 Å². The van der Waals surface area contributed by atoms with Crippen LogP contribution in [0.4, 0.5) is 18.9 Å². The van der Waals surface area contributed by atoms with Crippen LogP contribution in [0.2, 0.25) is 0 Å². The van der Waals surface area contributed by atoms with Gasteiger partial charge < -0.3 is 15.5 Å². The number of alkyl halides is 3. The van der Waals surface area contributed by atoms with Gasteiger partial charge in [-0.15, -0.1) is 0 Å². The quantitative estimate of drug-likeness (QED) is 0.906. The van der Waals surface area contributed by atoms with Crippen molar-refractivity contribution in [2.45, 2.75) is 19.1 Å². The van der Waals surface area contributed by atoms with Crippen molar-refractivity contribution in [3.63, 3.8) is 0 Å². The molecule has 0 aromatic heterocycles. The van der Waals surface area contributed by atoms with E-state index in [1.165, 1.54) is 6.07 Å². The highest BCUT2D eigenvalue weighted by atomic mass is 19.4. The molecule has 1 aromatic carbocycles. The number of nitrogens with two attached hydrogens (primary N) is 1. The average Bonchev–Trinajstić information content (AvgIpc) is 2.59. The Kier molecular flexibility index (Phi) is 4.41. The van der Waals surface area contributed by atoms with Crippen molar-refractivity contribution in [2.24, 2.45) is 5.73 Å². The summed E-state index contributed by atoms with van der Waals surface area (Å²) >= 11 is 0. The van der Waals surface area contributed by atoms with Crippen LogP contribution in [0, 0.1) is 0 Å². The normalized spacial score (nSPS) is 17.1. The molecule has 7 heteroatoms. The molecule has 1 aliphatic heterocycles. The Hall–Kier alpha value is -1.76. The highest BCUT2D eigenvalue weighted by molar-refractivity contribution is 5.82. The van der Waals surface area contributed by atoms with Crippen molar-refractivity contribution in [1.29, 1.82) is 0 Å². The molecule has 1 saturated heterocycles. The largest absolute Gasteiger partial charge is 0.416 e. The first kappa shape index (κ1) is 15.6. The average molecular weight is 301 g/mol. The summed E-state index contributed by atoms with van der Waals surface area (Å²) in [6.45, 7) is 1.43. The van der Waals surface area contributed by atoms with E-state index in [4.69, 9.17) is 5.73 Å². The Balaban J connectivity index is 2.33. The minimum atomic E-state index is -4.39. The van der Waals surface area contributed by atoms with Crippen LogP contribution in [-0.4, -0.2) is 37.5 Å². The summed E-state index contributed by atoms with van der Waals surface area (Å²) in [5.41, 5.74) is 5.87. The van der Waals surface area contributed by atoms with Crippen LogP contribution in [0.5, 0.6) is 0 Å². The summed E-state index contributed by atoms with van der Waals surface area (Å²) in [4.78, 5) is 15.3. The number of hydrogen-bond acceptors (Lipinski definition) is 3. The van der Waals surface area contributed by atoms with Crippen LogP contribution < -0.4 is 10.6 Å². The lowest BCUT2D eigenvalue weighted by Gasteiger charge is -2.25. The molecular formula is C14H18F3N3O. The lowest BCUT2D eigenvalue weighted by atomic mass is 10.1. The Labute approximate surface area is 121 Å². The number of nitrogens with zero attached hydrogens (tertiary/aromatic N) is 2. The summed E-state index contributed by atoms with van der Waals surface area (Å²) in [5.74, 6) is -0.0460. The van der Waals surface area contributed by atoms with Gasteiger partial charge >= 0.3 is 6.18 Å². The molecule has 21 heavy (non-hydrogen) atoms. The number of rotatable bonds is 2. The van der Waals surface area contributed by atoms with Crippen molar-refractivity contribution in [3.8, 4) is 0 Å². The zero-order valence-corrected chi connectivity index (χ0v) is 11.8. The predicted molar refractivity (Wildman–Crippen MR) is 73.8 cm³/mol. The maximum Gasteiger partial charge on any atom is 0.416 e. The van der Waals surface area contributed by atoms with E-state index in [0.717, 1.165) is 18.6 Å². The number of anilines is 1. The van der Waals surface area contributed by atoms with Gasteiger partial charge in [-0.25, -0.2) is 0 Å². The van der Waals surface area contributed by atoms with Crippen LogP contribution in [-0.2, 0) is 17.5 Å². The minimum Gasteiger partial charge on any atom is -0.362 e. The molecule has 1 heterocycles. The van der Waals surface area contributed by atoms with Gasteiger partial charge in [0.15, 0.2) is 0 Å². The minimum absolute atomic E-state index is 0.000215. The number of hydrogen-bond donors (Lipinski definition) is 1. The second-order valence-electron chi connectivity index (χ2n) is 5.14. The van der Waals surface area contributed by atoms with E-state index in [9.17, 15) is 18.0 Å². The maximum absolute atomic E-state index is 12.7. The van der Waals surface area contributed by atoms with Crippen LogP contribution >= 0.6 is 0 Å². The van der Waals surface area contributed by atoms with Crippen molar-refractivity contribution in [2.75, 3.05) is 31.6 Å². The fourth-order valence-corrected chi connectivity index (χ4v) is 2.43. The molecule has 4 nitrogen and oxygen atoms in total. The monoisotopic (exact) mass is 301 g/mol. The van der Waals surface area contributed by atoms with E-state index in [0.29, 0.717) is 24.3 Å². The molecule has 1 fully saturated rings. The molecular weight excluding hydrogens is 283 g/mol. The molecule has 0 radical (unpaired) electrons. The SMILES string of the molecule is CN1CCCN(c2ccc(C(F)(F)F)cc2CN)CC1=O. The number of carbonyl (C=O) groups excluding carboxylic acids is 1. The topological polar surface area (TPSA) is 49.6 Å². The van der Waals surface area contributed by atoms with Crippen LogP contribution in [0.25, 0.3) is 0 Å². The second kappa shape index (κ2) is 5.93. The molecule has 1 aromatic rings. The number of halogens is 3. The molecule has 0 spiro atoms. The zero-order chi connectivity index (χ0) is 15.6. The first-order valence-corrected chi connectivity index (χ1v) is 6.72. The van der Waals surface area contributed by atoms with Gasteiger partial charge in [-0.3, -0.25) is 4.79 Å². The standard InChI is InChI=1S/C14H18F3N3O/c1-19-5-2-6-20(9-13(19)21)12-4-3-11(14(15,16)17)7-10(12)8-18/h3-4,7H,2,5-6,8-9,18H2,1H3. The van der Waals surface area contributed by atoms with Gasteiger partial charge in [-0.05, 0) is 30.2 Å². The molecule has 1 amide bonds. The highest BCUT2D eigenvalue weighted by Gasteiger charge is 2.31. The lowest BCUT2D eigenvalue weighted by Crippen LogP contribution is -2.35. The Morgan fingerprint density at radius 3 is 2.62 bits per heavy atom. The van der Waals surface area contributed by atoms with Crippen molar-refractivity contribution < 1.29 is 18.0 Å². The van der Waals surface area contributed by atoms with Crippen molar-refractivity contribution in [3.05, 3.63) is 29.3 Å². The number of amides is 1. The third kappa shape index (κ3) is 3.47. The van der Waals surface area contributed by atoms with E-state index in [2.05, 4.69) is 0 Å². The number of carbonyl (C=O) groups is 1. The molecule has 0 unspecified atom stereocenters. The molecule has 116 valence electrons. The summed E-state index contributed by atoms with van der Waals surface area (Å²) < 4.78 is 38.2. The van der Waals surface area contributed by atoms with Gasteiger partial charge in [-0.2, -0.15) is 13.2 Å². The molecule has 0 bridgehead atoms. The van der Waals surface area contributed by atoms with E-state index in [1.54, 1.807) is 16.8 Å². The summed E-state index contributed by atoms with van der Waals surface area (Å²) in [6, 6.07) is 3.51. The summed E-state index contributed by atoms with van der Waals surface area (Å²) in [6.07, 6.45) is -3.62. The van der Waals surface area contributed by atoms with Gasteiger partial charge in [0.25, 0.3) is 0 Å². The Bertz CT molecular complexity index is 531. The molecule has 2 rings (SSSR count). The van der Waals surface area contributed by atoms with Crippen LogP contribution in [0.15, 0.2) is 18.2 Å². The summed E-state index contributed by atoms with van der Waals surface area (Å²) in [7, 11) is 1.72. The second-order valence-corrected chi connectivity index (χ2v) is 5.14. The van der Waals surface area contributed by atoms with Crippen molar-refractivity contribution in [1.82, 2.24) is 4.90 Å². The van der Waals surface area contributed by atoms with Crippen LogP contribution in [0.1, 0.15) is 17.5 Å². The van der Waals surface area contributed by atoms with Gasteiger partial charge in [-0.1, -0.05) is 0 Å². The maximum atomic E-state index is 12.7. The van der Waals surface area contributed by atoms with Gasteiger partial charge in [0.05, 0.1) is 12.1 Å². The molecule has 0 atom stereocenters. The third-order valence-electron chi connectivity index (χ3n) is 3.64. The predicted octanol–water partition coefficient (Wildman–Crippen LogP) is 1.83. The smallest absolute Gasteiger partial charge is 0.362 e. The van der Waals surface area contributed by atoms with Gasteiger partial charge in [0, 0.05) is 32.4 Å². The van der Waals surface area contributed by atoms with Crippen LogP contribution in [0.3, 0.4) is 0 Å². The third-order valence-corrected chi connectivity index (χ3v) is 3.64.